The summed E-state index contributed by atoms with van der Waals surface area (Å²) in [6.07, 6.45) is 5.87. The zero-order chi connectivity index (χ0) is 10.7. The Morgan fingerprint density at radius 3 is 2.80 bits per heavy atom. The molecule has 4 N–H and O–H groups in total. The summed E-state index contributed by atoms with van der Waals surface area (Å²) in [6.45, 7) is 0.136. The average molecular weight is 208 g/mol. The number of anilines is 2. The van der Waals surface area contributed by atoms with Crippen molar-refractivity contribution in [1.82, 2.24) is 9.97 Å². The van der Waals surface area contributed by atoms with Crippen LogP contribution in [0.15, 0.2) is 12.3 Å². The van der Waals surface area contributed by atoms with E-state index < -0.39 is 0 Å². The smallest absolute Gasteiger partial charge is 0.221 e. The highest BCUT2D eigenvalue weighted by Crippen LogP contribution is 2.32. The number of rotatable bonds is 3. The molecule has 0 aromatic carbocycles. The number of nitrogens with two attached hydrogens (primary N) is 1. The normalized spacial score (nSPS) is 19.0. The molecule has 2 rings (SSSR count). The first-order valence-corrected chi connectivity index (χ1v) is 5.22. The summed E-state index contributed by atoms with van der Waals surface area (Å²) >= 11 is 0. The van der Waals surface area contributed by atoms with Gasteiger partial charge in [-0.05, 0) is 18.9 Å². The third-order valence-electron chi connectivity index (χ3n) is 2.93. The number of hydrogen-bond donors (Lipinski definition) is 3. The SMILES string of the molecule is Nc1nccc(NC2(CO)CCCC2)n1. The van der Waals surface area contributed by atoms with Crippen LogP contribution in [0.2, 0.25) is 0 Å². The molecule has 1 aromatic rings. The van der Waals surface area contributed by atoms with E-state index in [0.717, 1.165) is 25.7 Å². The van der Waals surface area contributed by atoms with Gasteiger partial charge in [-0.25, -0.2) is 4.98 Å². The van der Waals surface area contributed by atoms with E-state index in [4.69, 9.17) is 5.73 Å². The summed E-state index contributed by atoms with van der Waals surface area (Å²) in [5, 5.41) is 12.7. The van der Waals surface area contributed by atoms with Gasteiger partial charge in [-0.3, -0.25) is 0 Å². The summed E-state index contributed by atoms with van der Waals surface area (Å²) in [7, 11) is 0. The van der Waals surface area contributed by atoms with Crippen LogP contribution < -0.4 is 11.1 Å². The second-order valence-corrected chi connectivity index (χ2v) is 4.07. The molecule has 15 heavy (non-hydrogen) atoms. The molecule has 1 aromatic heterocycles. The van der Waals surface area contributed by atoms with Gasteiger partial charge in [-0.15, -0.1) is 0 Å². The van der Waals surface area contributed by atoms with Gasteiger partial charge in [-0.2, -0.15) is 4.98 Å². The molecular weight excluding hydrogens is 192 g/mol. The van der Waals surface area contributed by atoms with Gasteiger partial charge in [0.1, 0.15) is 5.82 Å². The molecule has 0 unspecified atom stereocenters. The maximum absolute atomic E-state index is 9.41. The number of nitrogens with zero attached hydrogens (tertiary/aromatic N) is 2. The fourth-order valence-corrected chi connectivity index (χ4v) is 2.09. The van der Waals surface area contributed by atoms with Crippen molar-refractivity contribution in [3.8, 4) is 0 Å². The topological polar surface area (TPSA) is 84.1 Å². The Kier molecular flexibility index (Phi) is 2.73. The molecular formula is C10H16N4O. The van der Waals surface area contributed by atoms with Crippen LogP contribution in [0, 0.1) is 0 Å². The van der Waals surface area contributed by atoms with E-state index in [9.17, 15) is 5.11 Å². The number of aliphatic hydroxyl groups is 1. The van der Waals surface area contributed by atoms with Crippen molar-refractivity contribution in [1.29, 1.82) is 0 Å². The Morgan fingerprint density at radius 1 is 1.47 bits per heavy atom. The van der Waals surface area contributed by atoms with Crippen molar-refractivity contribution >= 4 is 11.8 Å². The molecule has 0 aliphatic heterocycles. The molecule has 1 heterocycles. The maximum Gasteiger partial charge on any atom is 0.221 e. The predicted octanol–water partition coefficient (Wildman–Crippen LogP) is 0.776. The minimum absolute atomic E-state index is 0.136. The van der Waals surface area contributed by atoms with Crippen molar-refractivity contribution < 1.29 is 5.11 Å². The number of hydrogen-bond acceptors (Lipinski definition) is 5. The first kappa shape index (κ1) is 10.2. The van der Waals surface area contributed by atoms with Gasteiger partial charge in [0.25, 0.3) is 0 Å². The molecule has 0 amide bonds. The lowest BCUT2D eigenvalue weighted by Crippen LogP contribution is -2.39. The zero-order valence-corrected chi connectivity index (χ0v) is 8.61. The average Bonchev–Trinajstić information content (AvgIpc) is 2.67. The third-order valence-corrected chi connectivity index (χ3v) is 2.93. The predicted molar refractivity (Wildman–Crippen MR) is 58.4 cm³/mol. The Labute approximate surface area is 88.7 Å². The van der Waals surface area contributed by atoms with Gasteiger partial charge >= 0.3 is 0 Å². The van der Waals surface area contributed by atoms with E-state index in [-0.39, 0.29) is 18.1 Å². The Morgan fingerprint density at radius 2 is 2.20 bits per heavy atom. The first-order valence-electron chi connectivity index (χ1n) is 5.22. The third kappa shape index (κ3) is 2.18. The van der Waals surface area contributed by atoms with Gasteiger partial charge in [0.15, 0.2) is 0 Å². The van der Waals surface area contributed by atoms with Gasteiger partial charge in [0, 0.05) is 6.20 Å². The Balaban J connectivity index is 2.12. The molecule has 1 aliphatic rings. The van der Waals surface area contributed by atoms with Crippen LogP contribution in [0.3, 0.4) is 0 Å². The standard InChI is InChI=1S/C10H16N4O/c11-9-12-6-3-8(13-9)14-10(7-15)4-1-2-5-10/h3,6,15H,1-2,4-5,7H2,(H3,11,12,13,14). The molecule has 0 saturated heterocycles. The highest BCUT2D eigenvalue weighted by Gasteiger charge is 2.33. The quantitative estimate of drug-likeness (QED) is 0.683. The molecule has 1 aliphatic carbocycles. The number of nitrogens with one attached hydrogen (secondary N) is 1. The summed E-state index contributed by atoms with van der Waals surface area (Å²) in [5.41, 5.74) is 5.29. The minimum atomic E-state index is -0.208. The van der Waals surface area contributed by atoms with Crippen molar-refractivity contribution in [3.05, 3.63) is 12.3 Å². The lowest BCUT2D eigenvalue weighted by molar-refractivity contribution is 0.214. The van der Waals surface area contributed by atoms with Crippen LogP contribution in [0.1, 0.15) is 25.7 Å². The van der Waals surface area contributed by atoms with Crippen LogP contribution in [-0.4, -0.2) is 27.2 Å². The molecule has 0 spiro atoms. The summed E-state index contributed by atoms with van der Waals surface area (Å²) in [6, 6.07) is 1.77. The van der Waals surface area contributed by atoms with Crippen LogP contribution in [0.25, 0.3) is 0 Å². The number of aromatic nitrogens is 2. The summed E-state index contributed by atoms with van der Waals surface area (Å²) in [5.74, 6) is 0.949. The maximum atomic E-state index is 9.41. The molecule has 0 atom stereocenters. The van der Waals surface area contributed by atoms with Crippen molar-refractivity contribution in [2.45, 2.75) is 31.2 Å². The Hall–Kier alpha value is -1.36. The lowest BCUT2D eigenvalue weighted by atomic mass is 9.99. The van der Waals surface area contributed by atoms with Gasteiger partial charge < -0.3 is 16.2 Å². The van der Waals surface area contributed by atoms with Crippen molar-refractivity contribution in [3.63, 3.8) is 0 Å². The van der Waals surface area contributed by atoms with Crippen LogP contribution in [0.5, 0.6) is 0 Å². The molecule has 5 heteroatoms. The van der Waals surface area contributed by atoms with E-state index in [1.54, 1.807) is 12.3 Å². The molecule has 0 radical (unpaired) electrons. The first-order chi connectivity index (χ1) is 7.24. The molecule has 5 nitrogen and oxygen atoms in total. The fraction of sp³-hybridized carbons (Fsp3) is 0.600. The monoisotopic (exact) mass is 208 g/mol. The molecule has 1 saturated carbocycles. The van der Waals surface area contributed by atoms with Gasteiger partial charge in [0.2, 0.25) is 5.95 Å². The Bertz CT molecular complexity index is 336. The lowest BCUT2D eigenvalue weighted by Gasteiger charge is -2.28. The van der Waals surface area contributed by atoms with Crippen molar-refractivity contribution in [2.75, 3.05) is 17.7 Å². The minimum Gasteiger partial charge on any atom is -0.394 e. The summed E-state index contributed by atoms with van der Waals surface area (Å²) in [4.78, 5) is 7.90. The van der Waals surface area contributed by atoms with Gasteiger partial charge in [-0.1, -0.05) is 12.8 Å². The van der Waals surface area contributed by atoms with E-state index >= 15 is 0 Å². The van der Waals surface area contributed by atoms with Gasteiger partial charge in [0.05, 0.1) is 12.1 Å². The summed E-state index contributed by atoms with van der Waals surface area (Å²) < 4.78 is 0. The highest BCUT2D eigenvalue weighted by atomic mass is 16.3. The second kappa shape index (κ2) is 4.02. The number of nitrogen functional groups attached to an aromatic ring is 1. The second-order valence-electron chi connectivity index (χ2n) is 4.07. The van der Waals surface area contributed by atoms with E-state index in [1.165, 1.54) is 0 Å². The molecule has 0 bridgehead atoms. The van der Waals surface area contributed by atoms with E-state index in [2.05, 4.69) is 15.3 Å². The van der Waals surface area contributed by atoms with E-state index in [1.807, 2.05) is 0 Å². The molecule has 1 fully saturated rings. The largest absolute Gasteiger partial charge is 0.394 e. The number of aliphatic hydroxyl groups excluding tert-OH is 1. The van der Waals surface area contributed by atoms with Crippen LogP contribution in [-0.2, 0) is 0 Å². The van der Waals surface area contributed by atoms with E-state index in [0.29, 0.717) is 5.82 Å². The zero-order valence-electron chi connectivity index (χ0n) is 8.61. The highest BCUT2D eigenvalue weighted by molar-refractivity contribution is 5.40. The molecule has 82 valence electrons. The van der Waals surface area contributed by atoms with Crippen LogP contribution in [0.4, 0.5) is 11.8 Å². The fourth-order valence-electron chi connectivity index (χ4n) is 2.09. The van der Waals surface area contributed by atoms with Crippen LogP contribution >= 0.6 is 0 Å². The van der Waals surface area contributed by atoms with Crippen molar-refractivity contribution in [2.24, 2.45) is 0 Å².